The van der Waals surface area contributed by atoms with Crippen LogP contribution in [-0.4, -0.2) is 56.0 Å². The molecule has 0 radical (unpaired) electrons. The number of fused-ring (bicyclic) bond motifs is 5. The van der Waals surface area contributed by atoms with Gasteiger partial charge in [-0.1, -0.05) is 30.3 Å². The molecule has 0 spiro atoms. The number of sulfonamides is 1. The highest BCUT2D eigenvalue weighted by Crippen LogP contribution is 2.36. The Morgan fingerprint density at radius 2 is 1.74 bits per heavy atom. The van der Waals surface area contributed by atoms with Gasteiger partial charge >= 0.3 is 0 Å². The standard InChI is InChI=1S/C29H29N5O4S/c1-32(2)26-10-5-8-22-21(26)7-6-11-27(22)39(37,38)31-24-12-13-25-20-15-19(17-34(25)29(24)36)16-33(18-20)28(35)23-9-3-4-14-30-23/h3-14,19-20,31H,15-18H2,1-2H3/t19-,20+/m0/s1. The summed E-state index contributed by atoms with van der Waals surface area (Å²) in [5, 5.41) is 1.40. The quantitative estimate of drug-likeness (QED) is 0.413. The lowest BCUT2D eigenvalue weighted by molar-refractivity contribution is 0.0589. The first-order chi connectivity index (χ1) is 18.7. The highest BCUT2D eigenvalue weighted by Gasteiger charge is 2.37. The van der Waals surface area contributed by atoms with E-state index in [0.29, 0.717) is 30.7 Å². The maximum atomic E-state index is 13.5. The number of likely N-dealkylation sites (tertiary alicyclic amines) is 1. The number of carbonyl (C=O) groups is 1. The van der Waals surface area contributed by atoms with Crippen molar-refractivity contribution in [2.75, 3.05) is 36.8 Å². The number of anilines is 2. The predicted molar refractivity (Wildman–Crippen MR) is 151 cm³/mol. The Morgan fingerprint density at radius 3 is 2.51 bits per heavy atom. The predicted octanol–water partition coefficient (Wildman–Crippen LogP) is 3.52. The van der Waals surface area contributed by atoms with Crippen molar-refractivity contribution in [3.63, 3.8) is 0 Å². The third-order valence-electron chi connectivity index (χ3n) is 7.65. The van der Waals surface area contributed by atoms with Crippen LogP contribution in [0.3, 0.4) is 0 Å². The fourth-order valence-electron chi connectivity index (χ4n) is 5.93. The fourth-order valence-corrected chi connectivity index (χ4v) is 7.21. The molecule has 0 aliphatic carbocycles. The van der Waals surface area contributed by atoms with E-state index in [9.17, 15) is 18.0 Å². The normalized spacial score (nSPS) is 18.5. The molecule has 2 aliphatic rings. The lowest BCUT2D eigenvalue weighted by Crippen LogP contribution is -2.49. The van der Waals surface area contributed by atoms with Crippen LogP contribution < -0.4 is 15.2 Å². The topological polar surface area (TPSA) is 105 Å². The first-order valence-electron chi connectivity index (χ1n) is 12.9. The number of benzene rings is 2. The Bertz CT molecular complexity index is 1750. The van der Waals surface area contributed by atoms with Crippen LogP contribution in [0.1, 0.15) is 28.5 Å². The average Bonchev–Trinajstić information content (AvgIpc) is 2.94. The van der Waals surface area contributed by atoms with Crippen LogP contribution in [0, 0.1) is 5.92 Å². The Balaban J connectivity index is 1.30. The monoisotopic (exact) mass is 543 g/mol. The number of carbonyl (C=O) groups excluding carboxylic acids is 1. The van der Waals surface area contributed by atoms with Crippen LogP contribution in [0.25, 0.3) is 10.8 Å². The van der Waals surface area contributed by atoms with E-state index in [1.54, 1.807) is 53.2 Å². The van der Waals surface area contributed by atoms with Gasteiger partial charge in [-0.25, -0.2) is 8.42 Å². The minimum absolute atomic E-state index is 0.00830. The molecule has 0 unspecified atom stereocenters. The number of nitrogens with zero attached hydrogens (tertiary/aromatic N) is 4. The molecule has 10 heteroatoms. The van der Waals surface area contributed by atoms with Crippen molar-refractivity contribution in [3.05, 3.63) is 94.7 Å². The molecule has 1 N–H and O–H groups in total. The van der Waals surface area contributed by atoms with Crippen LogP contribution in [0.15, 0.2) is 82.6 Å². The van der Waals surface area contributed by atoms with Gasteiger partial charge < -0.3 is 14.4 Å². The molecule has 2 aliphatic heterocycles. The van der Waals surface area contributed by atoms with Crippen molar-refractivity contribution < 1.29 is 13.2 Å². The summed E-state index contributed by atoms with van der Waals surface area (Å²) < 4.78 is 31.3. The second-order valence-corrected chi connectivity index (χ2v) is 12.1. The highest BCUT2D eigenvalue weighted by atomic mass is 32.2. The zero-order valence-corrected chi connectivity index (χ0v) is 22.6. The van der Waals surface area contributed by atoms with Gasteiger partial charge in [0.05, 0.1) is 4.90 Å². The molecule has 2 aromatic heterocycles. The number of piperidine rings is 1. The number of aromatic nitrogens is 2. The van der Waals surface area contributed by atoms with Crippen molar-refractivity contribution in [2.24, 2.45) is 5.92 Å². The van der Waals surface area contributed by atoms with E-state index >= 15 is 0 Å². The minimum Gasteiger partial charge on any atom is -0.377 e. The number of rotatable bonds is 5. The summed E-state index contributed by atoms with van der Waals surface area (Å²) >= 11 is 0. The summed E-state index contributed by atoms with van der Waals surface area (Å²) in [6, 6.07) is 19.3. The van der Waals surface area contributed by atoms with Crippen LogP contribution in [0.4, 0.5) is 11.4 Å². The largest absolute Gasteiger partial charge is 0.377 e. The lowest BCUT2D eigenvalue weighted by Gasteiger charge is -2.42. The van der Waals surface area contributed by atoms with E-state index in [0.717, 1.165) is 23.2 Å². The molecule has 2 atom stereocenters. The summed E-state index contributed by atoms with van der Waals surface area (Å²) in [6.45, 7) is 1.44. The van der Waals surface area contributed by atoms with Gasteiger partial charge in [0, 0.05) is 68.0 Å². The maximum absolute atomic E-state index is 13.5. The molecule has 4 heterocycles. The van der Waals surface area contributed by atoms with Gasteiger partial charge in [0.1, 0.15) is 11.4 Å². The van der Waals surface area contributed by atoms with Gasteiger partial charge in [0.15, 0.2) is 0 Å². The van der Waals surface area contributed by atoms with Crippen LogP contribution in [-0.2, 0) is 16.6 Å². The van der Waals surface area contributed by atoms with E-state index in [1.807, 2.05) is 48.2 Å². The number of amides is 1. The van der Waals surface area contributed by atoms with E-state index in [2.05, 4.69) is 9.71 Å². The van der Waals surface area contributed by atoms with Gasteiger partial charge in [-0.2, -0.15) is 0 Å². The summed E-state index contributed by atoms with van der Waals surface area (Å²) in [5.41, 5.74) is 1.77. The summed E-state index contributed by atoms with van der Waals surface area (Å²) in [5.74, 6) is -0.0278. The molecule has 2 bridgehead atoms. The first-order valence-corrected chi connectivity index (χ1v) is 14.4. The Hall–Kier alpha value is -4.18. The van der Waals surface area contributed by atoms with Crippen LogP contribution in [0.2, 0.25) is 0 Å². The first kappa shape index (κ1) is 25.1. The number of pyridine rings is 2. The molecule has 1 fully saturated rings. The number of hydrogen-bond donors (Lipinski definition) is 1. The van der Waals surface area contributed by atoms with Crippen molar-refractivity contribution >= 4 is 38.1 Å². The summed E-state index contributed by atoms with van der Waals surface area (Å²) in [6.07, 6.45) is 2.48. The molecule has 6 rings (SSSR count). The molecular weight excluding hydrogens is 514 g/mol. The van der Waals surface area contributed by atoms with Crippen molar-refractivity contribution in [1.82, 2.24) is 14.5 Å². The van der Waals surface area contributed by atoms with E-state index < -0.39 is 10.0 Å². The third-order valence-corrected chi connectivity index (χ3v) is 9.07. The fraction of sp³-hybridized carbons (Fsp3) is 0.276. The van der Waals surface area contributed by atoms with Crippen LogP contribution >= 0.6 is 0 Å². The molecule has 1 amide bonds. The highest BCUT2D eigenvalue weighted by molar-refractivity contribution is 7.93. The SMILES string of the molecule is CN(C)c1cccc2c(S(=O)(=O)Nc3ccc4n(c3=O)C[C@H]3C[C@@H]4CN(C(=O)c4ccccn4)C3)cccc12. The van der Waals surface area contributed by atoms with Gasteiger partial charge in [0.25, 0.3) is 21.5 Å². The van der Waals surface area contributed by atoms with E-state index in [4.69, 9.17) is 0 Å². The Kier molecular flexibility index (Phi) is 6.14. The number of nitrogens with one attached hydrogen (secondary N) is 1. The second kappa shape index (κ2) is 9.53. The second-order valence-electron chi connectivity index (χ2n) is 10.4. The molecule has 2 aromatic carbocycles. The summed E-state index contributed by atoms with van der Waals surface area (Å²) in [4.78, 5) is 34.6. The summed E-state index contributed by atoms with van der Waals surface area (Å²) in [7, 11) is -0.226. The molecule has 9 nitrogen and oxygen atoms in total. The van der Waals surface area contributed by atoms with Crippen molar-refractivity contribution in [3.8, 4) is 0 Å². The zero-order chi connectivity index (χ0) is 27.3. The molecule has 1 saturated heterocycles. The van der Waals surface area contributed by atoms with E-state index in [-0.39, 0.29) is 33.9 Å². The molecule has 0 saturated carbocycles. The molecule has 4 aromatic rings. The Morgan fingerprint density at radius 1 is 0.949 bits per heavy atom. The maximum Gasteiger partial charge on any atom is 0.275 e. The van der Waals surface area contributed by atoms with Gasteiger partial charge in [0.2, 0.25) is 0 Å². The molecule has 200 valence electrons. The zero-order valence-electron chi connectivity index (χ0n) is 21.7. The Labute approximate surface area is 226 Å². The van der Waals surface area contributed by atoms with Gasteiger partial charge in [-0.3, -0.25) is 19.3 Å². The lowest BCUT2D eigenvalue weighted by atomic mass is 9.83. The van der Waals surface area contributed by atoms with Gasteiger partial charge in [-0.05, 0) is 48.7 Å². The minimum atomic E-state index is -4.04. The van der Waals surface area contributed by atoms with Crippen molar-refractivity contribution in [2.45, 2.75) is 23.8 Å². The third kappa shape index (κ3) is 4.44. The number of hydrogen-bond acceptors (Lipinski definition) is 6. The van der Waals surface area contributed by atoms with Crippen LogP contribution in [0.5, 0.6) is 0 Å². The molecule has 39 heavy (non-hydrogen) atoms. The smallest absolute Gasteiger partial charge is 0.275 e. The van der Waals surface area contributed by atoms with Gasteiger partial charge in [-0.15, -0.1) is 0 Å². The van der Waals surface area contributed by atoms with Crippen molar-refractivity contribution in [1.29, 1.82) is 0 Å². The van der Waals surface area contributed by atoms with E-state index in [1.165, 1.54) is 0 Å². The average molecular weight is 544 g/mol. The molecular formula is C29H29N5O4S.